The number of benzene rings is 1. The Morgan fingerprint density at radius 3 is 2.95 bits per heavy atom. The molecule has 1 aromatic carbocycles. The maximum Gasteiger partial charge on any atom is 0.146 e. The zero-order valence-corrected chi connectivity index (χ0v) is 10.4. The van der Waals surface area contributed by atoms with Crippen LogP contribution in [0.5, 0.6) is 5.75 Å². The first-order valence-corrected chi connectivity index (χ1v) is 5.68. The van der Waals surface area contributed by atoms with Crippen LogP contribution < -0.4 is 10.1 Å². The third-order valence-corrected chi connectivity index (χ3v) is 2.53. The van der Waals surface area contributed by atoms with E-state index in [1.54, 1.807) is 19.2 Å². The Morgan fingerprint density at radius 1 is 1.47 bits per heavy atom. The van der Waals surface area contributed by atoms with Crippen LogP contribution in [-0.4, -0.2) is 56.8 Å². The molecule has 0 saturated carbocycles. The molecule has 0 saturated heterocycles. The van der Waals surface area contributed by atoms with Crippen molar-refractivity contribution in [3.05, 3.63) is 24.5 Å². The van der Waals surface area contributed by atoms with Crippen LogP contribution in [0.2, 0.25) is 0 Å². The smallest absolute Gasteiger partial charge is 0.146 e. The highest BCUT2D eigenvalue weighted by molar-refractivity contribution is 5.57. The van der Waals surface area contributed by atoms with Gasteiger partial charge in [0.25, 0.3) is 0 Å². The average Bonchev–Trinajstić information content (AvgIpc) is 2.98. The van der Waals surface area contributed by atoms with Crippen LogP contribution in [0.25, 0.3) is 5.69 Å². The zero-order chi connectivity index (χ0) is 13.7. The molecule has 0 radical (unpaired) electrons. The highest BCUT2D eigenvalue weighted by Gasteiger charge is 2.08. The molecule has 0 spiro atoms. The molecule has 2 rings (SSSR count). The number of ether oxygens (including phenoxy) is 1. The van der Waals surface area contributed by atoms with Gasteiger partial charge >= 0.3 is 0 Å². The molecule has 0 fully saturated rings. The third kappa shape index (κ3) is 3.18. The fraction of sp³-hybridized carbons (Fsp3) is 0.364. The standard InChI is InChI=1S/C11H15N5O3/c1-19-11-4-8(12-5-9(18)6-17)2-3-10(11)16-7-13-14-15-16/h2-4,7,9,12,17-18H,5-6H2,1H3. The van der Waals surface area contributed by atoms with Crippen molar-refractivity contribution in [3.63, 3.8) is 0 Å². The highest BCUT2D eigenvalue weighted by Crippen LogP contribution is 2.25. The Balaban J connectivity index is 2.17. The third-order valence-electron chi connectivity index (χ3n) is 2.53. The number of aromatic nitrogens is 4. The summed E-state index contributed by atoms with van der Waals surface area (Å²) in [5.41, 5.74) is 1.47. The highest BCUT2D eigenvalue weighted by atomic mass is 16.5. The van der Waals surface area contributed by atoms with Crippen molar-refractivity contribution in [1.29, 1.82) is 0 Å². The summed E-state index contributed by atoms with van der Waals surface area (Å²) >= 11 is 0. The van der Waals surface area contributed by atoms with E-state index in [0.717, 1.165) is 5.69 Å². The van der Waals surface area contributed by atoms with Crippen LogP contribution in [0.15, 0.2) is 24.5 Å². The molecule has 0 bridgehead atoms. The van der Waals surface area contributed by atoms with E-state index in [1.165, 1.54) is 11.0 Å². The zero-order valence-electron chi connectivity index (χ0n) is 10.4. The van der Waals surface area contributed by atoms with Crippen molar-refractivity contribution in [1.82, 2.24) is 20.2 Å². The molecule has 19 heavy (non-hydrogen) atoms. The predicted molar refractivity (Wildman–Crippen MR) is 67.3 cm³/mol. The second-order valence-electron chi connectivity index (χ2n) is 3.86. The fourth-order valence-corrected chi connectivity index (χ4v) is 1.55. The van der Waals surface area contributed by atoms with E-state index in [9.17, 15) is 5.11 Å². The maximum absolute atomic E-state index is 9.28. The van der Waals surface area contributed by atoms with Gasteiger partial charge in [0.15, 0.2) is 0 Å². The second-order valence-corrected chi connectivity index (χ2v) is 3.86. The van der Waals surface area contributed by atoms with Gasteiger partial charge in [-0.05, 0) is 22.6 Å². The van der Waals surface area contributed by atoms with Gasteiger partial charge in [0.05, 0.1) is 19.8 Å². The summed E-state index contributed by atoms with van der Waals surface area (Å²) in [5, 5.41) is 31.9. The van der Waals surface area contributed by atoms with Crippen molar-refractivity contribution in [2.45, 2.75) is 6.10 Å². The summed E-state index contributed by atoms with van der Waals surface area (Å²) in [5.74, 6) is 0.593. The Bertz CT molecular complexity index is 517. The minimum Gasteiger partial charge on any atom is -0.494 e. The number of hydrogen-bond donors (Lipinski definition) is 3. The van der Waals surface area contributed by atoms with Crippen LogP contribution in [0.3, 0.4) is 0 Å². The second kappa shape index (κ2) is 6.12. The van der Waals surface area contributed by atoms with Crippen molar-refractivity contribution in [2.24, 2.45) is 0 Å². The molecule has 1 aromatic heterocycles. The average molecular weight is 265 g/mol. The first kappa shape index (κ1) is 13.2. The molecule has 0 aliphatic heterocycles. The van der Waals surface area contributed by atoms with E-state index in [0.29, 0.717) is 11.4 Å². The molecule has 3 N–H and O–H groups in total. The van der Waals surface area contributed by atoms with E-state index in [4.69, 9.17) is 9.84 Å². The lowest BCUT2D eigenvalue weighted by atomic mass is 10.2. The number of rotatable bonds is 6. The summed E-state index contributed by atoms with van der Waals surface area (Å²) in [4.78, 5) is 0. The van der Waals surface area contributed by atoms with Crippen molar-refractivity contribution in [3.8, 4) is 11.4 Å². The number of tetrazole rings is 1. The molecule has 8 heteroatoms. The van der Waals surface area contributed by atoms with E-state index in [1.807, 2.05) is 6.07 Å². The molecule has 1 heterocycles. The fourth-order valence-electron chi connectivity index (χ4n) is 1.55. The van der Waals surface area contributed by atoms with E-state index >= 15 is 0 Å². The van der Waals surface area contributed by atoms with Gasteiger partial charge in [0.1, 0.15) is 17.8 Å². The Morgan fingerprint density at radius 2 is 2.32 bits per heavy atom. The number of anilines is 1. The molecule has 2 aromatic rings. The first-order chi connectivity index (χ1) is 9.24. The van der Waals surface area contributed by atoms with Gasteiger partial charge in [-0.1, -0.05) is 0 Å². The molecule has 0 amide bonds. The lowest BCUT2D eigenvalue weighted by Crippen LogP contribution is -2.22. The number of aliphatic hydroxyl groups is 2. The molecule has 0 aliphatic carbocycles. The van der Waals surface area contributed by atoms with Crippen LogP contribution in [0.1, 0.15) is 0 Å². The molecule has 102 valence electrons. The molecule has 1 unspecified atom stereocenters. The number of nitrogens with zero attached hydrogens (tertiary/aromatic N) is 4. The summed E-state index contributed by atoms with van der Waals surface area (Å²) in [6.07, 6.45) is 0.672. The quantitative estimate of drug-likeness (QED) is 0.642. The summed E-state index contributed by atoms with van der Waals surface area (Å²) in [6.45, 7) is -0.0310. The van der Waals surface area contributed by atoms with Gasteiger partial charge in [0, 0.05) is 18.3 Å². The molecular weight excluding hydrogens is 250 g/mol. The lowest BCUT2D eigenvalue weighted by Gasteiger charge is -2.13. The van der Waals surface area contributed by atoms with E-state index in [2.05, 4.69) is 20.8 Å². The van der Waals surface area contributed by atoms with Gasteiger partial charge in [-0.2, -0.15) is 4.68 Å². The van der Waals surface area contributed by atoms with E-state index < -0.39 is 6.10 Å². The molecule has 0 aliphatic rings. The topological polar surface area (TPSA) is 105 Å². The monoisotopic (exact) mass is 265 g/mol. The van der Waals surface area contributed by atoms with Crippen molar-refractivity contribution < 1.29 is 14.9 Å². The SMILES string of the molecule is COc1cc(NCC(O)CO)ccc1-n1cnnn1. The van der Waals surface area contributed by atoms with Gasteiger partial charge in [0.2, 0.25) is 0 Å². The van der Waals surface area contributed by atoms with Crippen LogP contribution in [0, 0.1) is 0 Å². The summed E-state index contributed by atoms with van der Waals surface area (Å²) in [6, 6.07) is 5.37. The van der Waals surface area contributed by atoms with E-state index in [-0.39, 0.29) is 13.2 Å². The minimum absolute atomic E-state index is 0.254. The van der Waals surface area contributed by atoms with Crippen LogP contribution in [-0.2, 0) is 0 Å². The largest absolute Gasteiger partial charge is 0.494 e. The van der Waals surface area contributed by atoms with Crippen molar-refractivity contribution >= 4 is 5.69 Å². The van der Waals surface area contributed by atoms with Crippen LogP contribution >= 0.6 is 0 Å². The number of aliphatic hydroxyl groups excluding tert-OH is 2. The maximum atomic E-state index is 9.28. The lowest BCUT2D eigenvalue weighted by molar-refractivity contribution is 0.105. The summed E-state index contributed by atoms with van der Waals surface area (Å²) in [7, 11) is 1.55. The normalized spacial score (nSPS) is 12.2. The Kier molecular flexibility index (Phi) is 4.26. The van der Waals surface area contributed by atoms with Gasteiger partial charge in [-0.3, -0.25) is 0 Å². The Labute approximate surface area is 109 Å². The van der Waals surface area contributed by atoms with Gasteiger partial charge in [-0.15, -0.1) is 5.10 Å². The molecule has 8 nitrogen and oxygen atoms in total. The van der Waals surface area contributed by atoms with Gasteiger partial charge < -0.3 is 20.3 Å². The van der Waals surface area contributed by atoms with Crippen molar-refractivity contribution in [2.75, 3.05) is 25.6 Å². The number of nitrogens with one attached hydrogen (secondary N) is 1. The Hall–Kier alpha value is -2.19. The minimum atomic E-state index is -0.801. The first-order valence-electron chi connectivity index (χ1n) is 5.68. The molecule has 1 atom stereocenters. The van der Waals surface area contributed by atoms with Gasteiger partial charge in [-0.25, -0.2) is 0 Å². The van der Waals surface area contributed by atoms with Crippen LogP contribution in [0.4, 0.5) is 5.69 Å². The number of methoxy groups -OCH3 is 1. The predicted octanol–water partition coefficient (Wildman–Crippen LogP) is -0.564. The number of hydrogen-bond acceptors (Lipinski definition) is 7. The molecular formula is C11H15N5O3. The summed E-state index contributed by atoms with van der Waals surface area (Å²) < 4.78 is 6.77.